The van der Waals surface area contributed by atoms with Crippen molar-refractivity contribution in [1.82, 2.24) is 0 Å². The summed E-state index contributed by atoms with van der Waals surface area (Å²) in [6.45, 7) is 11.2. The first-order valence-electron chi connectivity index (χ1n) is 5.20. The maximum Gasteiger partial charge on any atom is -0.0173 e. The maximum atomic E-state index is 3.89. The second-order valence-electron chi connectivity index (χ2n) is 5.09. The van der Waals surface area contributed by atoms with Gasteiger partial charge in [0.25, 0.3) is 0 Å². The molecule has 0 aliphatic heterocycles. The van der Waals surface area contributed by atoms with Crippen LogP contribution in [0.3, 0.4) is 0 Å². The van der Waals surface area contributed by atoms with Crippen molar-refractivity contribution in [3.8, 4) is 0 Å². The van der Waals surface area contributed by atoms with Crippen molar-refractivity contribution in [2.24, 2.45) is 22.7 Å². The van der Waals surface area contributed by atoms with Gasteiger partial charge in [0.15, 0.2) is 0 Å². The first kappa shape index (κ1) is 8.34. The van der Waals surface area contributed by atoms with Crippen LogP contribution in [0.4, 0.5) is 0 Å². The minimum absolute atomic E-state index is 0.654. The van der Waals surface area contributed by atoms with Gasteiger partial charge in [-0.05, 0) is 41.9 Å². The summed E-state index contributed by atoms with van der Waals surface area (Å²) < 4.78 is 0. The van der Waals surface area contributed by atoms with E-state index in [1.807, 2.05) is 0 Å². The molecule has 0 spiro atoms. The zero-order chi connectivity index (χ0) is 8.98. The molecule has 0 saturated heterocycles. The van der Waals surface area contributed by atoms with E-state index in [0.717, 1.165) is 11.8 Å². The van der Waals surface area contributed by atoms with E-state index in [1.165, 1.54) is 19.3 Å². The van der Waals surface area contributed by atoms with Gasteiger partial charge in [-0.3, -0.25) is 0 Å². The smallest absolute Gasteiger partial charge is 0.0173 e. The van der Waals surface area contributed by atoms with Crippen LogP contribution in [0.1, 0.15) is 40.0 Å². The molecule has 2 aliphatic rings. The fourth-order valence-electron chi connectivity index (χ4n) is 3.99. The summed E-state index contributed by atoms with van der Waals surface area (Å²) >= 11 is 0. The Hall–Kier alpha value is -0.260. The monoisotopic (exact) mass is 164 g/mol. The Morgan fingerprint density at radius 1 is 1.50 bits per heavy atom. The number of fused-ring (bicyclic) bond motifs is 1. The predicted molar refractivity (Wildman–Crippen MR) is 52.9 cm³/mol. The average Bonchev–Trinajstić information content (AvgIpc) is 2.35. The molecule has 0 amide bonds. The minimum Gasteiger partial charge on any atom is -0.103 e. The first-order valence-corrected chi connectivity index (χ1v) is 5.20. The molecule has 0 heterocycles. The molecule has 2 fully saturated rings. The Bertz CT molecular complexity index is 218. The van der Waals surface area contributed by atoms with Crippen molar-refractivity contribution in [2.75, 3.05) is 0 Å². The number of allylic oxidation sites excluding steroid dienone is 1. The van der Waals surface area contributed by atoms with Crippen LogP contribution in [0.5, 0.6) is 0 Å². The third-order valence-corrected chi connectivity index (χ3v) is 5.27. The molecule has 4 atom stereocenters. The van der Waals surface area contributed by atoms with E-state index in [1.54, 1.807) is 0 Å². The van der Waals surface area contributed by atoms with E-state index in [4.69, 9.17) is 0 Å². The summed E-state index contributed by atoms with van der Waals surface area (Å²) in [7, 11) is 0. The summed E-state index contributed by atoms with van der Waals surface area (Å²) in [6, 6.07) is 0. The molecule has 68 valence electrons. The van der Waals surface area contributed by atoms with Crippen LogP contribution in [0.2, 0.25) is 0 Å². The van der Waals surface area contributed by atoms with E-state index in [0.29, 0.717) is 10.8 Å². The van der Waals surface area contributed by atoms with Gasteiger partial charge in [-0.15, -0.1) is 6.58 Å². The molecule has 0 radical (unpaired) electrons. The van der Waals surface area contributed by atoms with Crippen molar-refractivity contribution < 1.29 is 0 Å². The summed E-state index contributed by atoms with van der Waals surface area (Å²) in [5.74, 6) is 1.87. The van der Waals surface area contributed by atoms with Crippen LogP contribution in [-0.2, 0) is 0 Å². The topological polar surface area (TPSA) is 0 Å². The summed E-state index contributed by atoms with van der Waals surface area (Å²) in [4.78, 5) is 0. The van der Waals surface area contributed by atoms with Crippen LogP contribution < -0.4 is 0 Å². The molecule has 0 heteroatoms. The van der Waals surface area contributed by atoms with Crippen molar-refractivity contribution in [3.05, 3.63) is 12.7 Å². The molecule has 0 aromatic carbocycles. The van der Waals surface area contributed by atoms with E-state index >= 15 is 0 Å². The molecule has 2 saturated carbocycles. The van der Waals surface area contributed by atoms with Crippen molar-refractivity contribution >= 4 is 0 Å². The molecule has 4 unspecified atom stereocenters. The first-order chi connectivity index (χ1) is 5.59. The lowest BCUT2D eigenvalue weighted by molar-refractivity contribution is 0.341. The van der Waals surface area contributed by atoms with Gasteiger partial charge in [-0.2, -0.15) is 0 Å². The van der Waals surface area contributed by atoms with E-state index in [-0.39, 0.29) is 0 Å². The second kappa shape index (κ2) is 2.16. The maximum absolute atomic E-state index is 3.89. The molecule has 0 aromatic heterocycles. The van der Waals surface area contributed by atoms with Gasteiger partial charge >= 0.3 is 0 Å². The highest BCUT2D eigenvalue weighted by Gasteiger charge is 2.74. The van der Waals surface area contributed by atoms with Gasteiger partial charge in [-0.25, -0.2) is 0 Å². The SMILES string of the molecule is C=CCC12CCC(C)C1(C)C2C. The lowest BCUT2D eigenvalue weighted by atomic mass is 9.90. The summed E-state index contributed by atoms with van der Waals surface area (Å²) in [5.41, 5.74) is 1.31. The summed E-state index contributed by atoms with van der Waals surface area (Å²) in [5, 5.41) is 0. The molecular weight excluding hydrogens is 144 g/mol. The highest BCUT2D eigenvalue weighted by Crippen LogP contribution is 2.80. The third-order valence-electron chi connectivity index (χ3n) is 5.27. The standard InChI is InChI=1S/C12H20/c1-5-7-12-8-6-9(2)11(12,4)10(12)3/h5,9-10H,1,6-8H2,2-4H3. The fourth-order valence-corrected chi connectivity index (χ4v) is 3.99. The highest BCUT2D eigenvalue weighted by molar-refractivity contribution is 5.24. The Balaban J connectivity index is 2.25. The molecule has 0 nitrogen and oxygen atoms in total. The van der Waals surface area contributed by atoms with Crippen LogP contribution >= 0.6 is 0 Å². The molecule has 0 aromatic rings. The highest BCUT2D eigenvalue weighted by atomic mass is 14.8. The van der Waals surface area contributed by atoms with Crippen LogP contribution in [-0.4, -0.2) is 0 Å². The van der Waals surface area contributed by atoms with Gasteiger partial charge in [0.1, 0.15) is 0 Å². The molecule has 0 N–H and O–H groups in total. The van der Waals surface area contributed by atoms with Gasteiger partial charge in [0.2, 0.25) is 0 Å². The summed E-state index contributed by atoms with van der Waals surface area (Å²) in [6.07, 6.45) is 6.25. The third kappa shape index (κ3) is 0.616. The van der Waals surface area contributed by atoms with Crippen molar-refractivity contribution in [3.63, 3.8) is 0 Å². The molecule has 12 heavy (non-hydrogen) atoms. The predicted octanol–water partition coefficient (Wildman–Crippen LogP) is 3.63. The Morgan fingerprint density at radius 2 is 2.17 bits per heavy atom. The van der Waals surface area contributed by atoms with Crippen LogP contribution in [0.25, 0.3) is 0 Å². The Morgan fingerprint density at radius 3 is 2.58 bits per heavy atom. The number of hydrogen-bond acceptors (Lipinski definition) is 0. The van der Waals surface area contributed by atoms with Gasteiger partial charge in [0, 0.05) is 0 Å². The lowest BCUT2D eigenvalue weighted by Crippen LogP contribution is -2.08. The van der Waals surface area contributed by atoms with E-state index < -0.39 is 0 Å². The second-order valence-corrected chi connectivity index (χ2v) is 5.09. The minimum atomic E-state index is 0.654. The Kier molecular flexibility index (Phi) is 1.50. The fraction of sp³-hybridized carbons (Fsp3) is 0.833. The zero-order valence-corrected chi connectivity index (χ0v) is 8.56. The molecular formula is C12H20. The van der Waals surface area contributed by atoms with Crippen LogP contribution in [0, 0.1) is 22.7 Å². The van der Waals surface area contributed by atoms with Crippen LogP contribution in [0.15, 0.2) is 12.7 Å². The van der Waals surface area contributed by atoms with Crippen molar-refractivity contribution in [2.45, 2.75) is 40.0 Å². The largest absolute Gasteiger partial charge is 0.103 e. The zero-order valence-electron chi connectivity index (χ0n) is 8.56. The molecule has 2 rings (SSSR count). The van der Waals surface area contributed by atoms with Gasteiger partial charge in [-0.1, -0.05) is 26.8 Å². The normalized spacial score (nSPS) is 56.6. The van der Waals surface area contributed by atoms with E-state index in [9.17, 15) is 0 Å². The number of rotatable bonds is 2. The van der Waals surface area contributed by atoms with Crippen molar-refractivity contribution in [1.29, 1.82) is 0 Å². The molecule has 2 aliphatic carbocycles. The Labute approximate surface area is 76.1 Å². The lowest BCUT2D eigenvalue weighted by Gasteiger charge is -2.15. The number of hydrogen-bond donors (Lipinski definition) is 0. The average molecular weight is 164 g/mol. The van der Waals surface area contributed by atoms with Gasteiger partial charge in [0.05, 0.1) is 0 Å². The van der Waals surface area contributed by atoms with E-state index in [2.05, 4.69) is 33.4 Å². The van der Waals surface area contributed by atoms with Gasteiger partial charge < -0.3 is 0 Å². The quantitative estimate of drug-likeness (QED) is 0.547. The molecule has 0 bridgehead atoms.